The van der Waals surface area contributed by atoms with Gasteiger partial charge in [-0.3, -0.25) is 9.78 Å². The zero-order chi connectivity index (χ0) is 12.4. The van der Waals surface area contributed by atoms with E-state index in [4.69, 9.17) is 5.73 Å². The zero-order valence-electron chi connectivity index (χ0n) is 9.97. The fraction of sp³-hybridized carbons (Fsp3) is 0.417. The second-order valence-electron chi connectivity index (χ2n) is 4.26. The maximum atomic E-state index is 11.8. The van der Waals surface area contributed by atoms with Gasteiger partial charge in [-0.2, -0.15) is 0 Å². The highest BCUT2D eigenvalue weighted by molar-refractivity contribution is 5.75. The normalized spacial score (nSPS) is 14.8. The summed E-state index contributed by atoms with van der Waals surface area (Å²) >= 11 is 0. The maximum Gasteiger partial charge on any atom is 0.258 e. The van der Waals surface area contributed by atoms with Crippen molar-refractivity contribution in [2.24, 2.45) is 11.7 Å². The maximum absolute atomic E-state index is 11.8. The average Bonchev–Trinajstić information content (AvgIpc) is 2.37. The first kappa shape index (κ1) is 11.7. The third-order valence-corrected chi connectivity index (χ3v) is 3.10. The summed E-state index contributed by atoms with van der Waals surface area (Å²) in [6.45, 7) is 4.10. The van der Waals surface area contributed by atoms with E-state index in [0.717, 1.165) is 6.42 Å². The van der Waals surface area contributed by atoms with Gasteiger partial charge in [0.15, 0.2) is 0 Å². The summed E-state index contributed by atoms with van der Waals surface area (Å²) in [5.74, 6) is 0.803. The van der Waals surface area contributed by atoms with Crippen LogP contribution in [-0.2, 0) is 0 Å². The highest BCUT2D eigenvalue weighted by atomic mass is 16.1. The Labute approximate surface area is 99.1 Å². The molecule has 0 amide bonds. The van der Waals surface area contributed by atoms with E-state index in [1.807, 2.05) is 6.92 Å². The van der Waals surface area contributed by atoms with Gasteiger partial charge >= 0.3 is 0 Å². The van der Waals surface area contributed by atoms with Crippen molar-refractivity contribution in [1.29, 1.82) is 0 Å². The van der Waals surface area contributed by atoms with E-state index in [0.29, 0.717) is 16.7 Å². The highest BCUT2D eigenvalue weighted by Crippen LogP contribution is 2.18. The Hall–Kier alpha value is -1.75. The molecule has 3 N–H and O–H groups in total. The molecule has 0 saturated carbocycles. The third kappa shape index (κ3) is 2.19. The second-order valence-corrected chi connectivity index (χ2v) is 4.26. The van der Waals surface area contributed by atoms with Crippen LogP contribution in [0.3, 0.4) is 0 Å². The number of nitrogens with one attached hydrogen (secondary N) is 1. The standard InChI is InChI=1S/C12H16N4O/c1-3-7(2)10(13)11-15-9-6-14-5-4-8(9)12(17)16-11/h4-7,10H,3,13H2,1-2H3,(H,15,16,17)/t7-,10-/m0/s1. The summed E-state index contributed by atoms with van der Waals surface area (Å²) in [6, 6.07) is 1.40. The fourth-order valence-electron chi connectivity index (χ4n) is 1.69. The number of aromatic nitrogens is 3. The highest BCUT2D eigenvalue weighted by Gasteiger charge is 2.16. The van der Waals surface area contributed by atoms with Gasteiger partial charge in [0.25, 0.3) is 5.56 Å². The van der Waals surface area contributed by atoms with Crippen LogP contribution in [0.25, 0.3) is 10.9 Å². The molecule has 0 aliphatic heterocycles. The molecule has 0 aliphatic carbocycles. The lowest BCUT2D eigenvalue weighted by Crippen LogP contribution is -2.24. The lowest BCUT2D eigenvalue weighted by molar-refractivity contribution is 0.439. The molecule has 5 nitrogen and oxygen atoms in total. The van der Waals surface area contributed by atoms with Gasteiger partial charge in [0.1, 0.15) is 5.82 Å². The van der Waals surface area contributed by atoms with Crippen LogP contribution < -0.4 is 11.3 Å². The predicted molar refractivity (Wildman–Crippen MR) is 66.5 cm³/mol. The molecule has 2 atom stereocenters. The molecule has 0 unspecified atom stereocenters. The van der Waals surface area contributed by atoms with Gasteiger partial charge in [0, 0.05) is 6.20 Å². The molecule has 17 heavy (non-hydrogen) atoms. The Morgan fingerprint density at radius 2 is 2.29 bits per heavy atom. The number of nitrogens with zero attached hydrogens (tertiary/aromatic N) is 2. The first-order chi connectivity index (χ1) is 8.13. The van der Waals surface area contributed by atoms with Gasteiger partial charge in [-0.1, -0.05) is 20.3 Å². The Kier molecular flexibility index (Phi) is 3.19. The summed E-state index contributed by atoms with van der Waals surface area (Å²) in [7, 11) is 0. The Bertz CT molecular complexity index is 578. The number of fused-ring (bicyclic) bond motifs is 1. The molecule has 0 aromatic carbocycles. The van der Waals surface area contributed by atoms with Crippen molar-refractivity contribution in [3.63, 3.8) is 0 Å². The van der Waals surface area contributed by atoms with Crippen LogP contribution in [0.15, 0.2) is 23.3 Å². The van der Waals surface area contributed by atoms with Crippen molar-refractivity contribution in [1.82, 2.24) is 15.0 Å². The van der Waals surface area contributed by atoms with Crippen LogP contribution in [0.2, 0.25) is 0 Å². The first-order valence-electron chi connectivity index (χ1n) is 5.73. The topological polar surface area (TPSA) is 84.7 Å². The number of aromatic amines is 1. The van der Waals surface area contributed by atoms with Gasteiger partial charge in [-0.05, 0) is 12.0 Å². The molecule has 0 aliphatic rings. The van der Waals surface area contributed by atoms with E-state index < -0.39 is 0 Å². The van der Waals surface area contributed by atoms with E-state index in [1.165, 1.54) is 0 Å². The van der Waals surface area contributed by atoms with Crippen LogP contribution in [-0.4, -0.2) is 15.0 Å². The summed E-state index contributed by atoms with van der Waals surface area (Å²) in [5, 5.41) is 0.542. The Balaban J connectivity index is 2.54. The number of hydrogen-bond acceptors (Lipinski definition) is 4. The summed E-state index contributed by atoms with van der Waals surface area (Å²) in [6.07, 6.45) is 4.10. The van der Waals surface area contributed by atoms with Gasteiger partial charge < -0.3 is 10.7 Å². The minimum atomic E-state index is -0.252. The van der Waals surface area contributed by atoms with Crippen LogP contribution in [0.1, 0.15) is 32.1 Å². The largest absolute Gasteiger partial charge is 0.321 e. The lowest BCUT2D eigenvalue weighted by Gasteiger charge is -2.17. The molecule has 2 rings (SSSR count). The summed E-state index contributed by atoms with van der Waals surface area (Å²) in [4.78, 5) is 22.9. The van der Waals surface area contributed by atoms with Gasteiger partial charge in [0.05, 0.1) is 23.1 Å². The SMILES string of the molecule is CC[C@H](C)[C@H](N)c1nc2cnccc2c(=O)[nH]1. The third-order valence-electron chi connectivity index (χ3n) is 3.10. The van der Waals surface area contributed by atoms with Gasteiger partial charge in [-0.25, -0.2) is 4.98 Å². The van der Waals surface area contributed by atoms with E-state index in [1.54, 1.807) is 18.5 Å². The summed E-state index contributed by atoms with van der Waals surface area (Å²) < 4.78 is 0. The number of pyridine rings is 1. The molecule has 2 heterocycles. The lowest BCUT2D eigenvalue weighted by atomic mass is 9.99. The Morgan fingerprint density at radius 1 is 1.53 bits per heavy atom. The minimum Gasteiger partial charge on any atom is -0.321 e. The number of nitrogens with two attached hydrogens (primary N) is 1. The fourth-order valence-corrected chi connectivity index (χ4v) is 1.69. The van der Waals surface area contributed by atoms with Crippen molar-refractivity contribution in [3.05, 3.63) is 34.6 Å². The number of rotatable bonds is 3. The Morgan fingerprint density at radius 3 is 3.00 bits per heavy atom. The average molecular weight is 232 g/mol. The van der Waals surface area contributed by atoms with E-state index in [2.05, 4.69) is 21.9 Å². The molecular formula is C12H16N4O. The van der Waals surface area contributed by atoms with Crippen LogP contribution in [0.5, 0.6) is 0 Å². The molecule has 0 radical (unpaired) electrons. The molecule has 2 aromatic rings. The molecular weight excluding hydrogens is 216 g/mol. The molecule has 5 heteroatoms. The first-order valence-corrected chi connectivity index (χ1v) is 5.73. The summed E-state index contributed by atoms with van der Waals surface area (Å²) in [5.41, 5.74) is 6.48. The van der Waals surface area contributed by atoms with E-state index >= 15 is 0 Å². The zero-order valence-corrected chi connectivity index (χ0v) is 9.97. The predicted octanol–water partition coefficient (Wildman–Crippen LogP) is 1.36. The molecule has 90 valence electrons. The van der Waals surface area contributed by atoms with Crippen molar-refractivity contribution in [3.8, 4) is 0 Å². The quantitative estimate of drug-likeness (QED) is 0.836. The monoisotopic (exact) mass is 232 g/mol. The van der Waals surface area contributed by atoms with E-state index in [9.17, 15) is 4.79 Å². The second kappa shape index (κ2) is 4.63. The van der Waals surface area contributed by atoms with Gasteiger partial charge in [-0.15, -0.1) is 0 Å². The molecule has 2 aromatic heterocycles. The van der Waals surface area contributed by atoms with E-state index in [-0.39, 0.29) is 17.5 Å². The van der Waals surface area contributed by atoms with Crippen molar-refractivity contribution in [2.75, 3.05) is 0 Å². The smallest absolute Gasteiger partial charge is 0.258 e. The number of hydrogen-bond donors (Lipinski definition) is 2. The molecule has 0 spiro atoms. The van der Waals surface area contributed by atoms with Crippen molar-refractivity contribution >= 4 is 10.9 Å². The van der Waals surface area contributed by atoms with Crippen LogP contribution >= 0.6 is 0 Å². The molecule has 0 saturated heterocycles. The molecule has 0 fully saturated rings. The van der Waals surface area contributed by atoms with Crippen LogP contribution in [0, 0.1) is 5.92 Å². The van der Waals surface area contributed by atoms with Crippen molar-refractivity contribution < 1.29 is 0 Å². The molecule has 0 bridgehead atoms. The number of H-pyrrole nitrogens is 1. The van der Waals surface area contributed by atoms with Gasteiger partial charge in [0.2, 0.25) is 0 Å². The minimum absolute atomic E-state index is 0.161. The van der Waals surface area contributed by atoms with Crippen molar-refractivity contribution in [2.45, 2.75) is 26.3 Å². The van der Waals surface area contributed by atoms with Crippen LogP contribution in [0.4, 0.5) is 0 Å².